The molecule has 0 spiro atoms. The number of hydrogen-bond acceptors (Lipinski definition) is 7. The van der Waals surface area contributed by atoms with Gasteiger partial charge in [0.1, 0.15) is 0 Å². The average molecular weight is 445 g/mol. The van der Waals surface area contributed by atoms with E-state index in [-0.39, 0.29) is 12.6 Å². The fourth-order valence-corrected chi connectivity index (χ4v) is 4.01. The molecule has 174 valence electrons. The van der Waals surface area contributed by atoms with E-state index in [0.717, 1.165) is 32.7 Å². The summed E-state index contributed by atoms with van der Waals surface area (Å²) >= 11 is 0. The topological polar surface area (TPSA) is 92.4 Å². The van der Waals surface area contributed by atoms with Crippen molar-refractivity contribution >= 4 is 12.0 Å². The Hall–Kier alpha value is -3.04. The van der Waals surface area contributed by atoms with Crippen molar-refractivity contribution in [3.05, 3.63) is 47.7 Å². The normalized spacial score (nSPS) is 19.7. The molecule has 0 unspecified atom stereocenters. The number of hydrogen-bond donors (Lipinski definition) is 2. The number of esters is 1. The first-order valence-corrected chi connectivity index (χ1v) is 10.8. The van der Waals surface area contributed by atoms with E-state index in [1.165, 1.54) is 0 Å². The molecule has 3 rings (SSSR count). The zero-order valence-corrected chi connectivity index (χ0v) is 19.0. The summed E-state index contributed by atoms with van der Waals surface area (Å²) < 4.78 is 16.1. The van der Waals surface area contributed by atoms with Crippen molar-refractivity contribution < 1.29 is 23.8 Å². The molecular weight excluding hydrogens is 412 g/mol. The molecule has 9 nitrogen and oxygen atoms in total. The van der Waals surface area contributed by atoms with Crippen LogP contribution in [0.4, 0.5) is 4.79 Å². The van der Waals surface area contributed by atoms with E-state index >= 15 is 0 Å². The number of benzene rings is 1. The lowest BCUT2D eigenvalue weighted by Crippen LogP contribution is -2.51. The van der Waals surface area contributed by atoms with Crippen LogP contribution in [0.3, 0.4) is 0 Å². The summed E-state index contributed by atoms with van der Waals surface area (Å²) in [5.41, 5.74) is 1.66. The first kappa shape index (κ1) is 23.6. The second kappa shape index (κ2) is 11.0. The number of urea groups is 1. The van der Waals surface area contributed by atoms with Gasteiger partial charge in [0.15, 0.2) is 11.5 Å². The lowest BCUT2D eigenvalue weighted by atomic mass is 9.94. The number of carbonyl (C=O) groups excluding carboxylic acids is 2. The Bertz CT molecular complexity index is 877. The number of methoxy groups -OCH3 is 2. The summed E-state index contributed by atoms with van der Waals surface area (Å²) in [6, 6.07) is 4.30. The number of amides is 2. The summed E-state index contributed by atoms with van der Waals surface area (Å²) in [6.45, 7) is 10.6. The van der Waals surface area contributed by atoms with Crippen molar-refractivity contribution in [1.29, 1.82) is 0 Å². The van der Waals surface area contributed by atoms with Gasteiger partial charge in [-0.1, -0.05) is 12.1 Å². The minimum absolute atomic E-state index is 0.239. The van der Waals surface area contributed by atoms with Crippen LogP contribution in [0.1, 0.15) is 18.5 Å². The molecule has 1 fully saturated rings. The van der Waals surface area contributed by atoms with Gasteiger partial charge in [0.25, 0.3) is 0 Å². The van der Waals surface area contributed by atoms with Gasteiger partial charge in [-0.15, -0.1) is 6.58 Å². The van der Waals surface area contributed by atoms with E-state index < -0.39 is 12.0 Å². The zero-order chi connectivity index (χ0) is 23.1. The minimum atomic E-state index is -0.667. The molecule has 2 N–H and O–H groups in total. The smallest absolute Gasteiger partial charge is 0.338 e. The maximum absolute atomic E-state index is 13.0. The van der Waals surface area contributed by atoms with Crippen molar-refractivity contribution in [3.8, 4) is 11.5 Å². The highest BCUT2D eigenvalue weighted by molar-refractivity contribution is 5.95. The highest BCUT2D eigenvalue weighted by Gasteiger charge is 2.35. The van der Waals surface area contributed by atoms with Gasteiger partial charge in [0.05, 0.1) is 32.4 Å². The van der Waals surface area contributed by atoms with Crippen LogP contribution in [-0.4, -0.2) is 81.9 Å². The number of carbonyl (C=O) groups is 2. The predicted molar refractivity (Wildman–Crippen MR) is 121 cm³/mol. The van der Waals surface area contributed by atoms with Gasteiger partial charge in [-0.3, -0.25) is 9.80 Å². The summed E-state index contributed by atoms with van der Waals surface area (Å²) in [6.07, 6.45) is 1.90. The van der Waals surface area contributed by atoms with Gasteiger partial charge >= 0.3 is 12.0 Å². The third kappa shape index (κ3) is 5.41. The van der Waals surface area contributed by atoms with Crippen LogP contribution in [0.5, 0.6) is 11.5 Å². The largest absolute Gasteiger partial charge is 0.493 e. The Morgan fingerprint density at radius 3 is 2.47 bits per heavy atom. The van der Waals surface area contributed by atoms with Crippen molar-refractivity contribution in [2.45, 2.75) is 13.0 Å². The van der Waals surface area contributed by atoms with Crippen molar-refractivity contribution in [1.82, 2.24) is 20.4 Å². The molecule has 32 heavy (non-hydrogen) atoms. The molecule has 2 aliphatic rings. The molecule has 0 aromatic heterocycles. The van der Waals surface area contributed by atoms with Crippen molar-refractivity contribution in [2.75, 3.05) is 60.1 Å². The SMILES string of the molecule is C=CCN1CCN(CC2=C(C(=O)OCC)[C@H](c3ccc(OC)c(OC)c3)NC(=O)N2)CC1. The maximum Gasteiger partial charge on any atom is 0.338 e. The van der Waals surface area contributed by atoms with E-state index in [4.69, 9.17) is 14.2 Å². The van der Waals surface area contributed by atoms with Gasteiger partial charge in [-0.25, -0.2) is 9.59 Å². The molecular formula is C23H32N4O5. The Kier molecular flexibility index (Phi) is 8.13. The Labute approximate surface area is 189 Å². The van der Waals surface area contributed by atoms with Crippen LogP contribution in [0.25, 0.3) is 0 Å². The van der Waals surface area contributed by atoms with E-state index in [9.17, 15) is 9.59 Å². The highest BCUT2D eigenvalue weighted by Crippen LogP contribution is 2.34. The summed E-state index contributed by atoms with van der Waals surface area (Å²) in [4.78, 5) is 30.1. The van der Waals surface area contributed by atoms with Gasteiger partial charge < -0.3 is 24.8 Å². The van der Waals surface area contributed by atoms with Crippen LogP contribution >= 0.6 is 0 Å². The first-order valence-electron chi connectivity index (χ1n) is 10.8. The summed E-state index contributed by atoms with van der Waals surface area (Å²) in [5, 5.41) is 5.70. The number of piperazine rings is 1. The van der Waals surface area contributed by atoms with Crippen LogP contribution in [-0.2, 0) is 9.53 Å². The monoisotopic (exact) mass is 444 g/mol. The molecule has 0 radical (unpaired) electrons. The Morgan fingerprint density at radius 1 is 1.16 bits per heavy atom. The zero-order valence-electron chi connectivity index (χ0n) is 19.0. The van der Waals surface area contributed by atoms with Crippen LogP contribution in [0.2, 0.25) is 0 Å². The fraction of sp³-hybridized carbons (Fsp3) is 0.478. The van der Waals surface area contributed by atoms with E-state index in [2.05, 4.69) is 27.0 Å². The second-order valence-corrected chi connectivity index (χ2v) is 7.62. The quantitative estimate of drug-likeness (QED) is 0.442. The van der Waals surface area contributed by atoms with Crippen molar-refractivity contribution in [2.24, 2.45) is 0 Å². The first-order chi connectivity index (χ1) is 15.5. The van der Waals surface area contributed by atoms with E-state index in [1.54, 1.807) is 33.3 Å². The Morgan fingerprint density at radius 2 is 1.84 bits per heavy atom. The molecule has 1 saturated heterocycles. The molecule has 1 aromatic rings. The number of ether oxygens (including phenoxy) is 3. The van der Waals surface area contributed by atoms with E-state index in [1.807, 2.05) is 12.1 Å². The van der Waals surface area contributed by atoms with Gasteiger partial charge in [-0.05, 0) is 24.6 Å². The van der Waals surface area contributed by atoms with E-state index in [0.29, 0.717) is 34.9 Å². The number of nitrogens with zero attached hydrogens (tertiary/aromatic N) is 2. The minimum Gasteiger partial charge on any atom is -0.493 e. The average Bonchev–Trinajstić information content (AvgIpc) is 2.79. The van der Waals surface area contributed by atoms with Crippen molar-refractivity contribution in [3.63, 3.8) is 0 Å². The van der Waals surface area contributed by atoms with Gasteiger partial charge in [-0.2, -0.15) is 0 Å². The molecule has 1 aromatic carbocycles. The molecule has 9 heteroatoms. The van der Waals surface area contributed by atoms with Crippen LogP contribution in [0, 0.1) is 0 Å². The third-order valence-corrected chi connectivity index (χ3v) is 5.62. The standard InChI is InChI=1S/C23H32N4O5/c1-5-9-26-10-12-27(13-11-26)15-17-20(22(28)32-6-2)21(25-23(29)24-17)16-7-8-18(30-3)19(14-16)31-4/h5,7-8,14,21H,1,6,9-13,15H2,2-4H3,(H2,24,25,29)/t21-/m0/s1. The highest BCUT2D eigenvalue weighted by atomic mass is 16.5. The number of nitrogens with one attached hydrogen (secondary N) is 2. The second-order valence-electron chi connectivity index (χ2n) is 7.62. The maximum atomic E-state index is 13.0. The van der Waals surface area contributed by atoms with Gasteiger partial charge in [0.2, 0.25) is 0 Å². The molecule has 2 amide bonds. The van der Waals surface area contributed by atoms with Gasteiger partial charge in [0, 0.05) is 45.0 Å². The van der Waals surface area contributed by atoms with Crippen LogP contribution < -0.4 is 20.1 Å². The lowest BCUT2D eigenvalue weighted by Gasteiger charge is -2.36. The van der Waals surface area contributed by atoms with Crippen LogP contribution in [0.15, 0.2) is 42.1 Å². The molecule has 1 atom stereocenters. The Balaban J connectivity index is 1.93. The third-order valence-electron chi connectivity index (χ3n) is 5.62. The summed E-state index contributed by atoms with van der Waals surface area (Å²) in [5.74, 6) is 0.622. The molecule has 2 aliphatic heterocycles. The molecule has 0 saturated carbocycles. The lowest BCUT2D eigenvalue weighted by molar-refractivity contribution is -0.139. The number of rotatable bonds is 9. The molecule has 0 bridgehead atoms. The summed E-state index contributed by atoms with van der Waals surface area (Å²) in [7, 11) is 3.10. The molecule has 2 heterocycles. The predicted octanol–water partition coefficient (Wildman–Crippen LogP) is 1.68. The molecule has 0 aliphatic carbocycles. The fourth-order valence-electron chi connectivity index (χ4n) is 4.01.